The Kier molecular flexibility index (Phi) is 41.5. The molecule has 0 saturated carbocycles. The molecule has 0 amide bonds. The molecule has 0 unspecified atom stereocenters. The van der Waals surface area contributed by atoms with Crippen molar-refractivity contribution in [2.24, 2.45) is 0 Å². The largest absolute Gasteiger partial charge is 0.508 e. The normalized spacial score (nSPS) is 10.6. The van der Waals surface area contributed by atoms with E-state index in [0.29, 0.717) is 34.2 Å². The standard InChI is InChI=1S/C15H12O5.C14H9NO6.C12H15NO.C8H11NO.C8H8O3.C8H10O2.C7H8O2.C6H7NO.C6H6O2.C6H6OS.C6H6S2/c1-20-9-6-7-12(13(16)8-9)14(17)10-4-2-3-5-11(10)15(18)19;16-12-7-8(15(20)21)5-6-11(12)13(17)9-3-1-2-4-10(9)14(18)19;14-11-6-5-9-3-1-7-13-8-2-4-10(11)12(9)13;1-9(2)7-4-3-5-8(10)6-7;1-6(9)11-8-4-2-3-7(10)5-8;1-5-3-7(9)6(2)8(10)4-5;1-5-2-6(8)4-7(9)3-5;4*7-5-2-1-3-6(8)4-5/h2-8,16H,1H3,(H,18,19);1-7,16H,(H,18,19);5-6,14H,1-4,7-8H2;3-6,10H,1-2H3;2-5,10H,1H3;3-4,9-10H,1-2H3;2-4,8-9H,1H3;1-4,8H,7H2;3*1-4,7-8H. The molecule has 664 valence electrons. The monoisotopic (exact) mass is 1790 g/mol. The van der Waals surface area contributed by atoms with Crippen LogP contribution in [0.1, 0.15) is 100 Å². The number of aromatic hydroxyl groups is 13. The molecule has 0 bridgehead atoms. The number of carboxylic acid groups (broad SMARTS) is 2. The second kappa shape index (κ2) is 51.6. The van der Waals surface area contributed by atoms with E-state index in [1.165, 1.54) is 166 Å². The van der Waals surface area contributed by atoms with Crippen molar-refractivity contribution < 1.29 is 115 Å². The summed E-state index contributed by atoms with van der Waals surface area (Å²) in [4.78, 5) is 74.2. The lowest BCUT2D eigenvalue weighted by atomic mass is 9.91. The number of carbonyl (C=O) groups excluding carboxylic acids is 3. The van der Waals surface area contributed by atoms with Crippen LogP contribution in [-0.2, 0) is 17.6 Å². The van der Waals surface area contributed by atoms with E-state index >= 15 is 0 Å². The molecule has 2 aliphatic rings. The quantitative estimate of drug-likeness (QED) is 0.0115. The van der Waals surface area contributed by atoms with Crippen LogP contribution in [0.3, 0.4) is 0 Å². The Bertz CT molecular complexity index is 5560. The first-order valence-corrected chi connectivity index (χ1v) is 39.6. The van der Waals surface area contributed by atoms with Gasteiger partial charge in [0.25, 0.3) is 5.69 Å². The van der Waals surface area contributed by atoms with E-state index in [9.17, 15) is 49.4 Å². The van der Waals surface area contributed by atoms with Crippen molar-refractivity contribution >= 4 is 90.1 Å². The molecule has 0 spiro atoms. The van der Waals surface area contributed by atoms with Gasteiger partial charge in [0.05, 0.1) is 40.4 Å². The van der Waals surface area contributed by atoms with Crippen molar-refractivity contribution in [3.8, 4) is 86.2 Å². The molecule has 13 aromatic rings. The zero-order chi connectivity index (χ0) is 94.1. The first-order valence-electron chi connectivity index (χ1n) is 38.2. The zero-order valence-electron chi connectivity index (χ0n) is 69.9. The molecule has 127 heavy (non-hydrogen) atoms. The Morgan fingerprint density at radius 3 is 1.22 bits per heavy atom. The molecule has 0 saturated heterocycles. The number of nitrogens with zero attached hydrogens (tertiary/aromatic N) is 3. The predicted octanol–water partition coefficient (Wildman–Crippen LogP) is 18.6. The molecule has 28 nitrogen and oxygen atoms in total. The second-order valence-corrected chi connectivity index (χ2v) is 29.1. The fraction of sp³-hybridized carbons (Fsp3) is 0.135. The van der Waals surface area contributed by atoms with Gasteiger partial charge in [0.1, 0.15) is 86.2 Å². The van der Waals surface area contributed by atoms with Crippen molar-refractivity contribution in [2.45, 2.75) is 68.1 Å². The van der Waals surface area contributed by atoms with Gasteiger partial charge in [-0.15, -0.1) is 37.9 Å². The number of nitrogens with two attached hydrogens (primary N) is 1. The van der Waals surface area contributed by atoms with Crippen molar-refractivity contribution in [2.75, 3.05) is 49.8 Å². The number of carbonyl (C=O) groups is 5. The number of esters is 1. The minimum absolute atomic E-state index is 0.0273. The molecule has 0 aliphatic carbocycles. The Morgan fingerprint density at radius 1 is 0.409 bits per heavy atom. The summed E-state index contributed by atoms with van der Waals surface area (Å²) in [6.07, 6.45) is 4.67. The molecule has 0 radical (unpaired) electrons. The van der Waals surface area contributed by atoms with Crippen LogP contribution in [0.5, 0.6) is 86.2 Å². The van der Waals surface area contributed by atoms with Gasteiger partial charge in [-0.2, -0.15) is 0 Å². The fourth-order valence-corrected chi connectivity index (χ4v) is 12.3. The number of benzene rings is 13. The van der Waals surface area contributed by atoms with E-state index < -0.39 is 40.1 Å². The van der Waals surface area contributed by atoms with Crippen LogP contribution in [-0.4, -0.2) is 145 Å². The van der Waals surface area contributed by atoms with Crippen LogP contribution in [0.2, 0.25) is 0 Å². The number of nitro groups is 1. The van der Waals surface area contributed by atoms with E-state index in [-0.39, 0.29) is 96.6 Å². The van der Waals surface area contributed by atoms with Gasteiger partial charge in [-0.3, -0.25) is 24.5 Å². The number of rotatable bonds is 10. The SMILES string of the molecule is CC(=O)Oc1cccc(O)c1.CN(C)c1cccc(O)c1.COc1ccc(C(=O)c2ccccc2C(=O)O)c(O)c1.Cc1cc(O)c(C)c(O)c1.Cc1cc(O)cc(O)c1.Nc1cccc(O)c1.O=C(O)c1ccccc1C(=O)c1ccc([N+](=O)[O-])cc1O.Oc1ccc2c3c1CCCN3CCC2.Oc1cccc(O)c1.Oc1cccc(S)c1.Sc1cccc(S)c1. The Hall–Kier alpha value is -15.3. The number of hydrogen-bond donors (Lipinski definition) is 19. The number of anilines is 3. The van der Waals surface area contributed by atoms with Gasteiger partial charge in [0, 0.05) is 131 Å². The van der Waals surface area contributed by atoms with Gasteiger partial charge in [0.15, 0.2) is 11.6 Å². The molecule has 2 heterocycles. The highest BCUT2D eigenvalue weighted by Crippen LogP contribution is 2.40. The van der Waals surface area contributed by atoms with E-state index in [0.717, 1.165) is 56.1 Å². The van der Waals surface area contributed by atoms with Crippen LogP contribution in [0.4, 0.5) is 22.7 Å². The molecule has 13 aromatic carbocycles. The van der Waals surface area contributed by atoms with Gasteiger partial charge in [-0.25, -0.2) is 9.59 Å². The number of carboxylic acids is 2. The third-order valence-electron chi connectivity index (χ3n) is 17.4. The number of non-ortho nitro benzene ring substituents is 1. The van der Waals surface area contributed by atoms with Gasteiger partial charge in [-0.05, 0) is 209 Å². The predicted molar refractivity (Wildman–Crippen MR) is 494 cm³/mol. The molecule has 0 fully saturated rings. The van der Waals surface area contributed by atoms with Crippen LogP contribution in [0, 0.1) is 30.9 Å². The lowest BCUT2D eigenvalue weighted by Crippen LogP contribution is -2.34. The first kappa shape index (κ1) is 102. The summed E-state index contributed by atoms with van der Waals surface area (Å²) in [6, 6.07) is 70.3. The van der Waals surface area contributed by atoms with E-state index in [2.05, 4.69) is 48.9 Å². The van der Waals surface area contributed by atoms with Crippen molar-refractivity contribution in [1.29, 1.82) is 0 Å². The maximum atomic E-state index is 12.3. The molecular weight excluding hydrogens is 1690 g/mol. The Labute approximate surface area is 749 Å². The summed E-state index contributed by atoms with van der Waals surface area (Å²) >= 11 is 12.2. The van der Waals surface area contributed by atoms with Gasteiger partial charge < -0.3 is 102 Å². The number of phenols is 13. The van der Waals surface area contributed by atoms with E-state index in [1.807, 2.05) is 74.4 Å². The van der Waals surface area contributed by atoms with Crippen LogP contribution < -0.4 is 25.0 Å². The number of aryl methyl sites for hydroxylation is 3. The zero-order valence-corrected chi connectivity index (χ0v) is 72.5. The third-order valence-corrected chi connectivity index (χ3v) is 18.2. The number of aromatic carboxylic acids is 2. The molecular formula is C96H98N4O24S3. The van der Waals surface area contributed by atoms with Crippen LogP contribution >= 0.6 is 37.9 Å². The molecule has 0 atom stereocenters. The highest BCUT2D eigenvalue weighted by molar-refractivity contribution is 7.81. The maximum absolute atomic E-state index is 12.3. The van der Waals surface area contributed by atoms with Gasteiger partial charge in [-0.1, -0.05) is 78.9 Å². The average molecular weight is 1790 g/mol. The number of nitro benzene ring substituents is 1. The molecule has 2 aliphatic heterocycles. The number of hydrogen-bond acceptors (Lipinski definition) is 28. The second-order valence-electron chi connectivity index (χ2n) is 27.6. The summed E-state index contributed by atoms with van der Waals surface area (Å²) in [5.41, 5.74) is 12.2. The number of ketones is 2. The molecule has 17 N–H and O–H groups in total. The average Bonchev–Trinajstić information content (AvgIpc) is 0.775. The highest BCUT2D eigenvalue weighted by Gasteiger charge is 2.26. The Balaban J connectivity index is 0.000000252. The van der Waals surface area contributed by atoms with Gasteiger partial charge in [0.2, 0.25) is 0 Å². The van der Waals surface area contributed by atoms with Crippen LogP contribution in [0.15, 0.2) is 288 Å². The summed E-state index contributed by atoms with van der Waals surface area (Å²) in [7, 11) is 5.32. The van der Waals surface area contributed by atoms with Crippen molar-refractivity contribution in [3.63, 3.8) is 0 Å². The minimum atomic E-state index is -1.28. The topological polar surface area (TPSA) is 483 Å². The number of thiol groups is 3. The Morgan fingerprint density at radius 2 is 0.835 bits per heavy atom. The summed E-state index contributed by atoms with van der Waals surface area (Å²) in [5, 5.41) is 147. The number of phenolic OH excluding ortho intramolecular Hbond substituents is 13. The smallest absolute Gasteiger partial charge is 0.336 e. The third kappa shape index (κ3) is 35.6. The van der Waals surface area contributed by atoms with Crippen LogP contribution in [0.25, 0.3) is 0 Å². The number of methoxy groups -OCH3 is 1. The number of nitrogen functional groups attached to an aromatic ring is 1. The van der Waals surface area contributed by atoms with E-state index in [1.54, 1.807) is 111 Å². The van der Waals surface area contributed by atoms with E-state index in [4.69, 9.17) is 76.5 Å². The summed E-state index contributed by atoms with van der Waals surface area (Å²) < 4.78 is 9.63. The maximum Gasteiger partial charge on any atom is 0.336 e. The molecule has 31 heteroatoms. The highest BCUT2D eigenvalue weighted by atomic mass is 32.1. The van der Waals surface area contributed by atoms with Gasteiger partial charge >= 0.3 is 17.9 Å². The summed E-state index contributed by atoms with van der Waals surface area (Å²) in [6.45, 7) is 8.94. The molecule has 15 rings (SSSR count). The van der Waals surface area contributed by atoms with Crippen molar-refractivity contribution in [1.82, 2.24) is 0 Å². The lowest BCUT2D eigenvalue weighted by molar-refractivity contribution is -0.384. The minimum Gasteiger partial charge on any atom is -0.508 e. The lowest BCUT2D eigenvalue weighted by Gasteiger charge is -2.36. The number of ether oxygens (including phenoxy) is 2. The fourth-order valence-electron chi connectivity index (χ4n) is 11.5. The first-order chi connectivity index (χ1) is 60.1. The summed E-state index contributed by atoms with van der Waals surface area (Å²) in [5.74, 6) is -2.15. The molecule has 0 aromatic heterocycles. The van der Waals surface area contributed by atoms with Crippen molar-refractivity contribution in [3.05, 3.63) is 344 Å².